The summed E-state index contributed by atoms with van der Waals surface area (Å²) < 4.78 is 4.79. The summed E-state index contributed by atoms with van der Waals surface area (Å²) in [6.45, 7) is 0. The van der Waals surface area contributed by atoms with Crippen LogP contribution in [0.5, 0.6) is 0 Å². The highest BCUT2D eigenvalue weighted by Crippen LogP contribution is 2.41. The van der Waals surface area contributed by atoms with E-state index in [-0.39, 0.29) is 0 Å². The molecule has 0 N–H and O–H groups in total. The van der Waals surface area contributed by atoms with Gasteiger partial charge in [0.2, 0.25) is 0 Å². The first kappa shape index (κ1) is 30.0. The summed E-state index contributed by atoms with van der Waals surface area (Å²) in [5.74, 6) is 0. The topological polar surface area (TPSA) is 9.86 Å². The number of rotatable bonds is 6. The molecule has 52 heavy (non-hydrogen) atoms. The van der Waals surface area contributed by atoms with Gasteiger partial charge in [-0.2, -0.15) is 0 Å². The zero-order valence-corrected chi connectivity index (χ0v) is 28.5. The molecule has 10 aromatic rings. The molecule has 0 bridgehead atoms. The maximum Gasteiger partial charge on any atom is 0.0635 e. The molecule has 0 saturated carbocycles. The van der Waals surface area contributed by atoms with Gasteiger partial charge in [-0.1, -0.05) is 146 Å². The number of aromatic nitrogens is 2. The summed E-state index contributed by atoms with van der Waals surface area (Å²) in [5.41, 5.74) is 15.6. The zero-order chi connectivity index (χ0) is 34.4. The molecule has 0 spiro atoms. The van der Waals surface area contributed by atoms with E-state index >= 15 is 0 Å². The number of para-hydroxylation sites is 1. The Morgan fingerprint density at radius 1 is 0.288 bits per heavy atom. The third kappa shape index (κ3) is 5.04. The van der Waals surface area contributed by atoms with E-state index in [9.17, 15) is 0 Å². The van der Waals surface area contributed by atoms with Crippen molar-refractivity contribution in [2.24, 2.45) is 0 Å². The van der Waals surface area contributed by atoms with Crippen LogP contribution in [0.4, 0.5) is 0 Å². The van der Waals surface area contributed by atoms with E-state index < -0.39 is 0 Å². The van der Waals surface area contributed by atoms with Crippen LogP contribution in [0.15, 0.2) is 206 Å². The first-order valence-corrected chi connectivity index (χ1v) is 17.8. The summed E-state index contributed by atoms with van der Waals surface area (Å²) >= 11 is 0. The smallest absolute Gasteiger partial charge is 0.0635 e. The van der Waals surface area contributed by atoms with Gasteiger partial charge in [0.15, 0.2) is 0 Å². The van der Waals surface area contributed by atoms with Crippen molar-refractivity contribution in [2.75, 3.05) is 0 Å². The van der Waals surface area contributed by atoms with Crippen LogP contribution >= 0.6 is 0 Å². The maximum absolute atomic E-state index is 2.44. The molecule has 10 rings (SSSR count). The lowest BCUT2D eigenvalue weighted by atomic mass is 9.94. The lowest BCUT2D eigenvalue weighted by Gasteiger charge is -2.13. The number of hydrogen-bond acceptors (Lipinski definition) is 0. The van der Waals surface area contributed by atoms with E-state index in [1.54, 1.807) is 0 Å². The predicted molar refractivity (Wildman–Crippen MR) is 219 cm³/mol. The van der Waals surface area contributed by atoms with Gasteiger partial charge in [0.25, 0.3) is 0 Å². The zero-order valence-electron chi connectivity index (χ0n) is 28.5. The van der Waals surface area contributed by atoms with Crippen LogP contribution in [0.25, 0.3) is 88.6 Å². The van der Waals surface area contributed by atoms with Crippen LogP contribution in [0.1, 0.15) is 0 Å². The number of fused-ring (bicyclic) bond motifs is 5. The molecule has 2 heterocycles. The average molecular weight is 663 g/mol. The van der Waals surface area contributed by atoms with Gasteiger partial charge in [-0.25, -0.2) is 0 Å². The molecule has 0 aliphatic carbocycles. The lowest BCUT2D eigenvalue weighted by molar-refractivity contribution is 1.13. The molecular weight excluding hydrogens is 629 g/mol. The van der Waals surface area contributed by atoms with Gasteiger partial charge in [0, 0.05) is 33.7 Å². The fraction of sp³-hybridized carbons (Fsp3) is 0. The van der Waals surface area contributed by atoms with E-state index in [1.807, 2.05) is 0 Å². The second-order valence-corrected chi connectivity index (χ2v) is 13.4. The van der Waals surface area contributed by atoms with Crippen LogP contribution in [0.3, 0.4) is 0 Å². The molecule has 0 amide bonds. The quantitative estimate of drug-likeness (QED) is 0.168. The lowest BCUT2D eigenvalue weighted by Crippen LogP contribution is -1.96. The molecule has 244 valence electrons. The average Bonchev–Trinajstić information content (AvgIpc) is 3.81. The Morgan fingerprint density at radius 3 is 1.46 bits per heavy atom. The van der Waals surface area contributed by atoms with Crippen molar-refractivity contribution in [1.82, 2.24) is 9.13 Å². The van der Waals surface area contributed by atoms with E-state index in [0.717, 1.165) is 11.4 Å². The standard InChI is InChI=1S/C50H34N2/c1-5-15-35(16-6-1)39-31-40(36-17-7-2-8-18-36)33-42(32-39)51-30-29-46-48(51)28-26-45-47-34-38(44-24-14-13-23-43(44)37-19-9-3-10-20-37)25-27-49(47)52(50(45)46)41-21-11-4-12-22-41/h1-34H. The molecule has 0 aliphatic rings. The molecule has 2 aromatic heterocycles. The first-order valence-electron chi connectivity index (χ1n) is 17.8. The van der Waals surface area contributed by atoms with Crippen LogP contribution in [-0.2, 0) is 0 Å². The Morgan fingerprint density at radius 2 is 0.827 bits per heavy atom. The Balaban J connectivity index is 1.21. The fourth-order valence-corrected chi connectivity index (χ4v) is 7.91. The SMILES string of the molecule is c1ccc(-c2cc(-c3ccccc3)cc(-n3ccc4c3ccc3c5cc(-c6ccccc6-c6ccccc6)ccc5n(-c5ccccc5)c34)c2)cc1. The van der Waals surface area contributed by atoms with Crippen molar-refractivity contribution in [3.8, 4) is 55.9 Å². The fourth-order valence-electron chi connectivity index (χ4n) is 7.91. The summed E-state index contributed by atoms with van der Waals surface area (Å²) in [5, 5.41) is 3.70. The highest BCUT2D eigenvalue weighted by Gasteiger charge is 2.19. The molecule has 0 radical (unpaired) electrons. The Labute approximate surface area is 303 Å². The molecule has 2 heteroatoms. The minimum absolute atomic E-state index is 1.14. The minimum atomic E-state index is 1.14. The van der Waals surface area contributed by atoms with E-state index in [2.05, 4.69) is 216 Å². The number of hydrogen-bond donors (Lipinski definition) is 0. The Hall–Kier alpha value is -6.90. The van der Waals surface area contributed by atoms with Crippen molar-refractivity contribution in [2.45, 2.75) is 0 Å². The second kappa shape index (κ2) is 12.5. The third-order valence-corrected chi connectivity index (χ3v) is 10.3. The van der Waals surface area contributed by atoms with Crippen molar-refractivity contribution < 1.29 is 0 Å². The largest absolute Gasteiger partial charge is 0.316 e. The molecule has 8 aromatic carbocycles. The van der Waals surface area contributed by atoms with Gasteiger partial charge in [-0.15, -0.1) is 0 Å². The molecular formula is C50H34N2. The molecule has 0 aliphatic heterocycles. The van der Waals surface area contributed by atoms with E-state index in [1.165, 1.54) is 77.2 Å². The highest BCUT2D eigenvalue weighted by atomic mass is 15.0. The maximum atomic E-state index is 2.44. The molecule has 0 fully saturated rings. The minimum Gasteiger partial charge on any atom is -0.316 e. The molecule has 0 unspecified atom stereocenters. The van der Waals surface area contributed by atoms with Gasteiger partial charge in [0.05, 0.1) is 16.6 Å². The summed E-state index contributed by atoms with van der Waals surface area (Å²) in [6.07, 6.45) is 2.23. The van der Waals surface area contributed by atoms with Crippen molar-refractivity contribution in [3.05, 3.63) is 206 Å². The van der Waals surface area contributed by atoms with Crippen LogP contribution in [0, 0.1) is 0 Å². The molecule has 2 nitrogen and oxygen atoms in total. The first-order chi connectivity index (χ1) is 25.8. The predicted octanol–water partition coefficient (Wildman–Crippen LogP) is 13.4. The summed E-state index contributed by atoms with van der Waals surface area (Å²) in [6, 6.07) is 72.4. The van der Waals surface area contributed by atoms with Gasteiger partial charge in [0.1, 0.15) is 0 Å². The van der Waals surface area contributed by atoms with Crippen molar-refractivity contribution in [3.63, 3.8) is 0 Å². The summed E-state index contributed by atoms with van der Waals surface area (Å²) in [4.78, 5) is 0. The number of benzene rings is 8. The monoisotopic (exact) mass is 662 g/mol. The van der Waals surface area contributed by atoms with Gasteiger partial charge < -0.3 is 9.13 Å². The van der Waals surface area contributed by atoms with Gasteiger partial charge in [-0.3, -0.25) is 0 Å². The van der Waals surface area contributed by atoms with E-state index in [4.69, 9.17) is 0 Å². The number of nitrogens with zero attached hydrogens (tertiary/aromatic N) is 2. The second-order valence-electron chi connectivity index (χ2n) is 13.4. The van der Waals surface area contributed by atoms with Crippen LogP contribution in [0.2, 0.25) is 0 Å². The van der Waals surface area contributed by atoms with Gasteiger partial charge >= 0.3 is 0 Å². The Bertz CT molecular complexity index is 2810. The van der Waals surface area contributed by atoms with Crippen LogP contribution < -0.4 is 0 Å². The van der Waals surface area contributed by atoms with Crippen LogP contribution in [-0.4, -0.2) is 9.13 Å². The van der Waals surface area contributed by atoms with E-state index in [0.29, 0.717) is 0 Å². The molecule has 0 atom stereocenters. The third-order valence-electron chi connectivity index (χ3n) is 10.3. The molecule has 0 saturated heterocycles. The summed E-state index contributed by atoms with van der Waals surface area (Å²) in [7, 11) is 0. The highest BCUT2D eigenvalue weighted by molar-refractivity contribution is 6.19. The Kier molecular flexibility index (Phi) is 7.18. The normalized spacial score (nSPS) is 11.5. The van der Waals surface area contributed by atoms with Crippen molar-refractivity contribution >= 4 is 32.7 Å². The van der Waals surface area contributed by atoms with Gasteiger partial charge in [-0.05, 0) is 99.1 Å². The van der Waals surface area contributed by atoms with Crippen molar-refractivity contribution in [1.29, 1.82) is 0 Å².